The van der Waals surface area contributed by atoms with Gasteiger partial charge in [-0.05, 0) is 31.6 Å². The average Bonchev–Trinajstić information content (AvgIpc) is 2.77. The molecule has 1 fully saturated rings. The minimum Gasteiger partial charge on any atom is -0.481 e. The van der Waals surface area contributed by atoms with Gasteiger partial charge in [0.15, 0.2) is 6.04 Å². The average molecular weight is 344 g/mol. The van der Waals surface area contributed by atoms with Crippen molar-refractivity contribution in [2.24, 2.45) is 17.6 Å². The third-order valence-electron chi connectivity index (χ3n) is 5.08. The van der Waals surface area contributed by atoms with Crippen molar-refractivity contribution in [2.45, 2.75) is 57.7 Å². The van der Waals surface area contributed by atoms with Crippen molar-refractivity contribution in [1.82, 2.24) is 5.32 Å². The molecule has 8 nitrogen and oxygen atoms in total. The fourth-order valence-electron chi connectivity index (χ4n) is 2.98. The summed E-state index contributed by atoms with van der Waals surface area (Å²) in [6, 6.07) is -2.27. The van der Waals surface area contributed by atoms with E-state index >= 15 is 0 Å². The van der Waals surface area contributed by atoms with Crippen molar-refractivity contribution < 1.29 is 29.0 Å². The zero-order valence-electron chi connectivity index (χ0n) is 14.7. The Morgan fingerprint density at radius 2 is 1.83 bits per heavy atom. The highest BCUT2D eigenvalue weighted by atomic mass is 16.5. The number of ether oxygens (including phenoxy) is 2. The molecule has 0 aliphatic heterocycles. The number of rotatable bonds is 8. The molecule has 0 bridgehead atoms. The van der Waals surface area contributed by atoms with E-state index in [1.807, 2.05) is 6.92 Å². The number of esters is 1. The molecule has 0 saturated heterocycles. The van der Waals surface area contributed by atoms with Crippen LogP contribution in [0.25, 0.3) is 0 Å². The Morgan fingerprint density at radius 3 is 2.29 bits per heavy atom. The van der Waals surface area contributed by atoms with Gasteiger partial charge in [-0.15, -0.1) is 0 Å². The Kier molecular flexibility index (Phi) is 7.16. The number of nitrogens with one attached hydrogen (secondary N) is 1. The van der Waals surface area contributed by atoms with E-state index in [9.17, 15) is 14.4 Å². The maximum absolute atomic E-state index is 12.0. The van der Waals surface area contributed by atoms with E-state index in [2.05, 4.69) is 23.9 Å². The van der Waals surface area contributed by atoms with Crippen LogP contribution in [0.15, 0.2) is 0 Å². The van der Waals surface area contributed by atoms with Gasteiger partial charge >= 0.3 is 11.9 Å². The van der Waals surface area contributed by atoms with Gasteiger partial charge in [0.25, 0.3) is 0 Å². The molecule has 1 rings (SSSR count). The topological polar surface area (TPSA) is 128 Å². The molecule has 1 amide bonds. The van der Waals surface area contributed by atoms with Gasteiger partial charge < -0.3 is 25.6 Å². The summed E-state index contributed by atoms with van der Waals surface area (Å²) in [5, 5.41) is 11.1. The Hall–Kier alpha value is -1.67. The number of carbonyl (C=O) groups excluding carboxylic acids is 2. The van der Waals surface area contributed by atoms with Crippen LogP contribution >= 0.6 is 0 Å². The zero-order chi connectivity index (χ0) is 18.5. The molecule has 4 atom stereocenters. The molecule has 0 aromatic rings. The van der Waals surface area contributed by atoms with E-state index in [0.29, 0.717) is 11.8 Å². The fraction of sp³-hybridized carbons (Fsp3) is 0.812. The number of carboxylic acid groups (broad SMARTS) is 1. The van der Waals surface area contributed by atoms with Crippen molar-refractivity contribution >= 4 is 17.8 Å². The number of carboxylic acids is 1. The standard InChI is InChI=1S/C16H28N2O6/c1-9-5-6-10(2)16(9,3)24-8-12(15(22)23-4)18-14(21)11(17)7-13(19)20/h9-12H,5-8,17H2,1-4H3,(H,18,21)(H,19,20)/t9?,10?,11-,12-,16?/m0/s1. The summed E-state index contributed by atoms with van der Waals surface area (Å²) in [7, 11) is 1.21. The van der Waals surface area contributed by atoms with Crippen molar-refractivity contribution in [1.29, 1.82) is 0 Å². The second-order valence-corrected chi connectivity index (χ2v) is 6.66. The molecule has 138 valence electrons. The zero-order valence-corrected chi connectivity index (χ0v) is 14.7. The second-order valence-electron chi connectivity index (χ2n) is 6.66. The van der Waals surface area contributed by atoms with Crippen LogP contribution in [0.5, 0.6) is 0 Å². The molecule has 0 radical (unpaired) electrons. The summed E-state index contributed by atoms with van der Waals surface area (Å²) in [5.41, 5.74) is 5.12. The van der Waals surface area contributed by atoms with Crippen molar-refractivity contribution in [2.75, 3.05) is 13.7 Å². The van der Waals surface area contributed by atoms with E-state index in [0.717, 1.165) is 12.8 Å². The normalized spacial score (nSPS) is 28.9. The molecule has 1 aliphatic rings. The SMILES string of the molecule is COC(=O)[C@H](COC1(C)C(C)CCC1C)NC(=O)[C@@H](N)CC(=O)O. The predicted molar refractivity (Wildman–Crippen MR) is 86.1 cm³/mol. The molecule has 1 aliphatic carbocycles. The van der Waals surface area contributed by atoms with Crippen LogP contribution < -0.4 is 11.1 Å². The lowest BCUT2D eigenvalue weighted by Crippen LogP contribution is -2.52. The van der Waals surface area contributed by atoms with Gasteiger partial charge in [-0.1, -0.05) is 13.8 Å². The lowest BCUT2D eigenvalue weighted by atomic mass is 9.88. The molecule has 4 N–H and O–H groups in total. The molecule has 0 spiro atoms. The predicted octanol–water partition coefficient (Wildman–Crippen LogP) is 0.288. The number of aliphatic carboxylic acids is 1. The van der Waals surface area contributed by atoms with Crippen LogP contribution in [0, 0.1) is 11.8 Å². The van der Waals surface area contributed by atoms with Crippen LogP contribution in [0.3, 0.4) is 0 Å². The number of methoxy groups -OCH3 is 1. The third kappa shape index (κ3) is 4.91. The lowest BCUT2D eigenvalue weighted by molar-refractivity contribution is -0.152. The Bertz CT molecular complexity index is 471. The van der Waals surface area contributed by atoms with E-state index in [1.54, 1.807) is 0 Å². The van der Waals surface area contributed by atoms with Gasteiger partial charge in [0.05, 0.1) is 31.8 Å². The molecule has 0 heterocycles. The second kappa shape index (κ2) is 8.43. The molecule has 8 heteroatoms. The minimum atomic E-state index is -1.24. The Morgan fingerprint density at radius 1 is 1.29 bits per heavy atom. The van der Waals surface area contributed by atoms with Gasteiger partial charge in [0, 0.05) is 0 Å². The van der Waals surface area contributed by atoms with Gasteiger partial charge in [-0.25, -0.2) is 4.79 Å². The van der Waals surface area contributed by atoms with Crippen molar-refractivity contribution in [3.05, 3.63) is 0 Å². The molecule has 0 aromatic carbocycles. The smallest absolute Gasteiger partial charge is 0.330 e. The summed E-state index contributed by atoms with van der Waals surface area (Å²) in [6.07, 6.45) is 1.55. The Balaban J connectivity index is 2.71. The first-order valence-corrected chi connectivity index (χ1v) is 8.11. The molecular weight excluding hydrogens is 316 g/mol. The first-order valence-electron chi connectivity index (χ1n) is 8.11. The maximum Gasteiger partial charge on any atom is 0.330 e. The summed E-state index contributed by atoms with van der Waals surface area (Å²) in [6.45, 7) is 6.14. The monoisotopic (exact) mass is 344 g/mol. The van der Waals surface area contributed by atoms with Crippen LogP contribution in [0.1, 0.15) is 40.0 Å². The summed E-state index contributed by atoms with van der Waals surface area (Å²) >= 11 is 0. The highest BCUT2D eigenvalue weighted by molar-refractivity contribution is 5.89. The fourth-order valence-corrected chi connectivity index (χ4v) is 2.98. The summed E-state index contributed by atoms with van der Waals surface area (Å²) < 4.78 is 10.7. The van der Waals surface area contributed by atoms with Crippen molar-refractivity contribution in [3.8, 4) is 0 Å². The molecule has 24 heavy (non-hydrogen) atoms. The highest BCUT2D eigenvalue weighted by Crippen LogP contribution is 2.42. The quantitative estimate of drug-likeness (QED) is 0.540. The van der Waals surface area contributed by atoms with Gasteiger partial charge in [0.1, 0.15) is 0 Å². The molecule has 0 aromatic heterocycles. The number of amides is 1. The van der Waals surface area contributed by atoms with E-state index in [1.165, 1.54) is 7.11 Å². The lowest BCUT2D eigenvalue weighted by Gasteiger charge is -2.35. The number of hydrogen-bond acceptors (Lipinski definition) is 6. The first-order chi connectivity index (χ1) is 11.1. The van der Waals surface area contributed by atoms with E-state index in [4.69, 9.17) is 15.6 Å². The largest absolute Gasteiger partial charge is 0.481 e. The summed E-state index contributed by atoms with van der Waals surface area (Å²) in [4.78, 5) is 34.5. The third-order valence-corrected chi connectivity index (χ3v) is 5.08. The van der Waals surface area contributed by atoms with Crippen LogP contribution in [0.2, 0.25) is 0 Å². The number of carbonyl (C=O) groups is 3. The molecular formula is C16H28N2O6. The maximum atomic E-state index is 12.0. The van der Waals surface area contributed by atoms with Crippen LogP contribution in [-0.2, 0) is 23.9 Å². The minimum absolute atomic E-state index is 0.0522. The van der Waals surface area contributed by atoms with E-state index < -0.39 is 36.4 Å². The van der Waals surface area contributed by atoms with Gasteiger partial charge in [0.2, 0.25) is 5.91 Å². The van der Waals surface area contributed by atoms with Gasteiger partial charge in [-0.3, -0.25) is 9.59 Å². The Labute approximate surface area is 142 Å². The van der Waals surface area contributed by atoms with Crippen LogP contribution in [0.4, 0.5) is 0 Å². The van der Waals surface area contributed by atoms with Crippen LogP contribution in [-0.4, -0.2) is 54.4 Å². The highest BCUT2D eigenvalue weighted by Gasteiger charge is 2.43. The summed E-state index contributed by atoms with van der Waals surface area (Å²) in [5.74, 6) is -1.92. The van der Waals surface area contributed by atoms with E-state index in [-0.39, 0.29) is 12.2 Å². The molecule has 1 saturated carbocycles. The van der Waals surface area contributed by atoms with Gasteiger partial charge in [-0.2, -0.15) is 0 Å². The number of nitrogens with two attached hydrogens (primary N) is 1. The molecule has 2 unspecified atom stereocenters. The number of hydrogen-bond donors (Lipinski definition) is 3. The van der Waals surface area contributed by atoms with Crippen molar-refractivity contribution in [3.63, 3.8) is 0 Å². The first kappa shape index (κ1) is 20.4.